The Balaban J connectivity index is 1.38. The minimum absolute atomic E-state index is 0.00524. The summed E-state index contributed by atoms with van der Waals surface area (Å²) in [6.07, 6.45) is 2.13. The second kappa shape index (κ2) is 13.7. The summed E-state index contributed by atoms with van der Waals surface area (Å²) in [7, 11) is -1.46. The minimum atomic E-state index is -3.52. The number of carbonyl (C=O) groups excluding carboxylic acids is 1. The number of benzene rings is 3. The zero-order valence-electron chi connectivity index (χ0n) is 24.4. The molecule has 1 amide bonds. The van der Waals surface area contributed by atoms with Crippen molar-refractivity contribution >= 4 is 38.9 Å². The van der Waals surface area contributed by atoms with Crippen LogP contribution in [0.5, 0.6) is 0 Å². The molecule has 0 spiro atoms. The standard InChI is InChI=1S/C33H39Cl2N3O4S/c1-36(19-20-37-18-15-28(39)22-27(37)23-43(41,42)29-11-6-3-7-12-29)33(26-13-14-30(34)31(35)21-26)16-8-17-38(24-33)32(40)25-9-4-2-5-10-25/h2-7,9-14,21,27-28,39H,8,15-20,22-24H2,1H3. The van der Waals surface area contributed by atoms with Gasteiger partial charge in [-0.05, 0) is 74.7 Å². The molecule has 5 rings (SSSR count). The quantitative estimate of drug-likeness (QED) is 0.338. The molecule has 2 saturated heterocycles. The monoisotopic (exact) mass is 643 g/mol. The average molecular weight is 645 g/mol. The molecule has 2 aliphatic rings. The van der Waals surface area contributed by atoms with Crippen LogP contribution in [-0.4, -0.2) is 91.8 Å². The molecule has 230 valence electrons. The Morgan fingerprint density at radius 3 is 2.40 bits per heavy atom. The van der Waals surface area contributed by atoms with Crippen LogP contribution in [-0.2, 0) is 15.4 Å². The predicted octanol–water partition coefficient (Wildman–Crippen LogP) is 5.36. The predicted molar refractivity (Wildman–Crippen MR) is 171 cm³/mol. The topological polar surface area (TPSA) is 81.2 Å². The van der Waals surface area contributed by atoms with Gasteiger partial charge in [0, 0.05) is 44.3 Å². The lowest BCUT2D eigenvalue weighted by atomic mass is 9.80. The number of halogens is 2. The Kier molecular flexibility index (Phi) is 10.2. The molecule has 3 atom stereocenters. The van der Waals surface area contributed by atoms with Crippen molar-refractivity contribution in [1.82, 2.24) is 14.7 Å². The van der Waals surface area contributed by atoms with Crippen molar-refractivity contribution in [2.75, 3.05) is 45.5 Å². The smallest absolute Gasteiger partial charge is 0.253 e. The van der Waals surface area contributed by atoms with Crippen LogP contribution >= 0.6 is 23.2 Å². The molecule has 0 saturated carbocycles. The summed E-state index contributed by atoms with van der Waals surface area (Å²) in [6, 6.07) is 23.3. The second-order valence-corrected chi connectivity index (χ2v) is 14.6. The van der Waals surface area contributed by atoms with Crippen molar-refractivity contribution in [3.05, 3.63) is 100 Å². The number of likely N-dealkylation sites (N-methyl/N-ethyl adjacent to an activating group) is 1. The molecule has 0 bridgehead atoms. The molecule has 10 heteroatoms. The average Bonchev–Trinajstić information content (AvgIpc) is 3.02. The maximum absolute atomic E-state index is 13.6. The number of aliphatic hydroxyl groups excluding tert-OH is 1. The van der Waals surface area contributed by atoms with Crippen LogP contribution in [0.2, 0.25) is 10.0 Å². The summed E-state index contributed by atoms with van der Waals surface area (Å²) in [5.41, 5.74) is 1.13. The van der Waals surface area contributed by atoms with E-state index in [1.54, 1.807) is 30.3 Å². The third kappa shape index (κ3) is 7.27. The highest BCUT2D eigenvalue weighted by Gasteiger charge is 2.43. The number of hydrogen-bond donors (Lipinski definition) is 1. The van der Waals surface area contributed by atoms with Crippen LogP contribution in [0.4, 0.5) is 0 Å². The molecule has 2 heterocycles. The Labute approximate surface area is 264 Å². The summed E-state index contributed by atoms with van der Waals surface area (Å²) in [5.74, 6) is -0.0518. The van der Waals surface area contributed by atoms with Crippen LogP contribution in [0.3, 0.4) is 0 Å². The largest absolute Gasteiger partial charge is 0.393 e. The number of rotatable bonds is 9. The third-order valence-electron chi connectivity index (χ3n) is 9.01. The molecule has 2 fully saturated rings. The highest BCUT2D eigenvalue weighted by Crippen LogP contribution is 2.39. The number of hydrogen-bond acceptors (Lipinski definition) is 6. The Bertz CT molecular complexity index is 1510. The molecule has 0 aliphatic carbocycles. The number of likely N-dealkylation sites (tertiary alicyclic amines) is 2. The Morgan fingerprint density at radius 1 is 1.00 bits per heavy atom. The maximum Gasteiger partial charge on any atom is 0.253 e. The molecular weight excluding hydrogens is 605 g/mol. The fourth-order valence-electron chi connectivity index (χ4n) is 6.54. The van der Waals surface area contributed by atoms with Crippen molar-refractivity contribution in [2.24, 2.45) is 0 Å². The van der Waals surface area contributed by atoms with E-state index < -0.39 is 21.5 Å². The van der Waals surface area contributed by atoms with Gasteiger partial charge in [-0.1, -0.05) is 65.7 Å². The molecule has 3 aromatic carbocycles. The van der Waals surface area contributed by atoms with Gasteiger partial charge in [0.15, 0.2) is 9.84 Å². The van der Waals surface area contributed by atoms with E-state index in [0.29, 0.717) is 66.1 Å². The van der Waals surface area contributed by atoms with Crippen LogP contribution in [0.1, 0.15) is 41.6 Å². The highest BCUT2D eigenvalue weighted by molar-refractivity contribution is 7.91. The van der Waals surface area contributed by atoms with Crippen LogP contribution in [0.25, 0.3) is 0 Å². The van der Waals surface area contributed by atoms with Crippen LogP contribution in [0, 0.1) is 0 Å². The first-order valence-corrected chi connectivity index (χ1v) is 17.2. The summed E-state index contributed by atoms with van der Waals surface area (Å²) in [6.45, 7) is 3.01. The van der Waals surface area contributed by atoms with Crippen molar-refractivity contribution in [3.8, 4) is 0 Å². The molecule has 3 aromatic rings. The van der Waals surface area contributed by atoms with Crippen LogP contribution < -0.4 is 0 Å². The summed E-state index contributed by atoms with van der Waals surface area (Å²) in [5, 5.41) is 11.4. The van der Waals surface area contributed by atoms with Gasteiger partial charge >= 0.3 is 0 Å². The number of sulfone groups is 1. The molecular formula is C33H39Cl2N3O4S. The Morgan fingerprint density at radius 2 is 1.70 bits per heavy atom. The zero-order chi connectivity index (χ0) is 30.6. The van der Waals surface area contributed by atoms with Crippen molar-refractivity contribution in [3.63, 3.8) is 0 Å². The van der Waals surface area contributed by atoms with Crippen LogP contribution in [0.15, 0.2) is 83.8 Å². The highest BCUT2D eigenvalue weighted by atomic mass is 35.5. The summed E-state index contributed by atoms with van der Waals surface area (Å²) < 4.78 is 26.5. The molecule has 2 aliphatic heterocycles. The van der Waals surface area contributed by atoms with Crippen molar-refractivity contribution in [1.29, 1.82) is 0 Å². The molecule has 0 radical (unpaired) electrons. The van der Waals surface area contributed by atoms with E-state index >= 15 is 0 Å². The lowest BCUT2D eigenvalue weighted by molar-refractivity contribution is 0.00604. The van der Waals surface area contributed by atoms with E-state index in [0.717, 1.165) is 18.4 Å². The number of aliphatic hydroxyl groups is 1. The second-order valence-electron chi connectivity index (χ2n) is 11.7. The van der Waals surface area contributed by atoms with E-state index in [4.69, 9.17) is 23.2 Å². The lowest BCUT2D eigenvalue weighted by Gasteiger charge is -2.49. The normalized spacial score (nSPS) is 23.4. The van der Waals surface area contributed by atoms with Gasteiger partial charge in [0.05, 0.1) is 32.3 Å². The summed E-state index contributed by atoms with van der Waals surface area (Å²) in [4.78, 5) is 20.3. The first-order chi connectivity index (χ1) is 20.6. The van der Waals surface area contributed by atoms with Gasteiger partial charge in [0.1, 0.15) is 0 Å². The van der Waals surface area contributed by atoms with Gasteiger partial charge in [-0.3, -0.25) is 14.6 Å². The number of amides is 1. The Hall–Kier alpha value is -2.46. The maximum atomic E-state index is 13.6. The van der Waals surface area contributed by atoms with Crippen molar-refractivity contribution < 1.29 is 18.3 Å². The molecule has 1 N–H and O–H groups in total. The number of piperidine rings is 2. The van der Waals surface area contributed by atoms with Crippen molar-refractivity contribution in [2.45, 2.75) is 48.3 Å². The first kappa shape index (κ1) is 31.9. The third-order valence-corrected chi connectivity index (χ3v) is 11.6. The van der Waals surface area contributed by atoms with E-state index in [9.17, 15) is 18.3 Å². The minimum Gasteiger partial charge on any atom is -0.393 e. The molecule has 3 unspecified atom stereocenters. The van der Waals surface area contributed by atoms with Gasteiger partial charge in [0.2, 0.25) is 0 Å². The molecule has 43 heavy (non-hydrogen) atoms. The number of nitrogens with zero attached hydrogens (tertiary/aromatic N) is 3. The van der Waals surface area contributed by atoms with Gasteiger partial charge in [0.25, 0.3) is 5.91 Å². The van der Waals surface area contributed by atoms with E-state index in [1.165, 1.54) is 0 Å². The fraction of sp³-hybridized carbons (Fsp3) is 0.424. The molecule has 0 aromatic heterocycles. The SMILES string of the molecule is CN(CCN1CCC(O)CC1CS(=O)(=O)c1ccccc1)C1(c2ccc(Cl)c(Cl)c2)CCCN(C(=O)c2ccccc2)C1. The van der Waals surface area contributed by atoms with E-state index in [1.807, 2.05) is 53.4 Å². The first-order valence-electron chi connectivity index (χ1n) is 14.8. The van der Waals surface area contributed by atoms with Gasteiger partial charge < -0.3 is 10.0 Å². The fourth-order valence-corrected chi connectivity index (χ4v) is 8.46. The van der Waals surface area contributed by atoms with E-state index in [2.05, 4.69) is 16.8 Å². The lowest BCUT2D eigenvalue weighted by Crippen LogP contribution is -2.58. The van der Waals surface area contributed by atoms with E-state index in [-0.39, 0.29) is 17.7 Å². The number of carbonyl (C=O) groups is 1. The van der Waals surface area contributed by atoms with Gasteiger partial charge in [-0.25, -0.2) is 8.42 Å². The zero-order valence-corrected chi connectivity index (χ0v) is 26.7. The van der Waals surface area contributed by atoms with Gasteiger partial charge in [-0.2, -0.15) is 0 Å². The summed E-state index contributed by atoms with van der Waals surface area (Å²) >= 11 is 12.8. The molecule has 7 nitrogen and oxygen atoms in total. The van der Waals surface area contributed by atoms with Gasteiger partial charge in [-0.15, -0.1) is 0 Å².